The van der Waals surface area contributed by atoms with E-state index in [1.165, 1.54) is 19.2 Å². The van der Waals surface area contributed by atoms with Crippen molar-refractivity contribution in [3.63, 3.8) is 0 Å². The molecule has 0 unspecified atom stereocenters. The third kappa shape index (κ3) is 2.42. The smallest absolute Gasteiger partial charge is 0.226 e. The number of rotatable bonds is 3. The van der Waals surface area contributed by atoms with Gasteiger partial charge in [0.15, 0.2) is 11.6 Å². The molecule has 0 saturated carbocycles. The highest BCUT2D eigenvalue weighted by atomic mass is 35.5. The van der Waals surface area contributed by atoms with Crippen molar-refractivity contribution < 1.29 is 13.9 Å². The minimum atomic E-state index is -0.591. The van der Waals surface area contributed by atoms with E-state index in [1.807, 2.05) is 0 Å². The van der Waals surface area contributed by atoms with E-state index in [1.54, 1.807) is 6.07 Å². The van der Waals surface area contributed by atoms with Crippen LogP contribution in [0, 0.1) is 5.82 Å². The second-order valence-electron chi connectivity index (χ2n) is 2.47. The van der Waals surface area contributed by atoms with Crippen LogP contribution in [0.4, 0.5) is 4.39 Å². The van der Waals surface area contributed by atoms with Crippen LogP contribution in [-0.2, 0) is 11.2 Å². The van der Waals surface area contributed by atoms with Crippen molar-refractivity contribution in [3.8, 4) is 5.75 Å². The normalized spacial score (nSPS) is 9.77. The average Bonchev–Trinajstić information content (AvgIpc) is 2.08. The van der Waals surface area contributed by atoms with E-state index in [4.69, 9.17) is 16.3 Å². The van der Waals surface area contributed by atoms with Crippen LogP contribution in [0.3, 0.4) is 0 Å². The number of halogens is 2. The van der Waals surface area contributed by atoms with Crippen molar-refractivity contribution >= 4 is 16.8 Å². The Hall–Kier alpha value is -1.09. The maximum atomic E-state index is 13.3. The summed E-state index contributed by atoms with van der Waals surface area (Å²) < 4.78 is 18.0. The Bertz CT molecular complexity index is 325. The van der Waals surface area contributed by atoms with Gasteiger partial charge in [-0.15, -0.1) is 0 Å². The number of methoxy groups -OCH3 is 1. The summed E-state index contributed by atoms with van der Waals surface area (Å²) in [7, 11) is 1.37. The summed E-state index contributed by atoms with van der Waals surface area (Å²) in [5, 5.41) is -0.591. The van der Waals surface area contributed by atoms with Crippen molar-refractivity contribution in [1.29, 1.82) is 0 Å². The molecule has 0 fully saturated rings. The molecule has 0 bridgehead atoms. The quantitative estimate of drug-likeness (QED) is 0.702. The first kappa shape index (κ1) is 9.99. The van der Waals surface area contributed by atoms with E-state index in [0.29, 0.717) is 0 Å². The molecule has 0 aromatic heterocycles. The van der Waals surface area contributed by atoms with Crippen LogP contribution in [0.2, 0.25) is 0 Å². The lowest BCUT2D eigenvalue weighted by Crippen LogP contribution is -1.99. The van der Waals surface area contributed by atoms with Gasteiger partial charge in [0.25, 0.3) is 0 Å². The van der Waals surface area contributed by atoms with Gasteiger partial charge in [-0.25, -0.2) is 4.39 Å². The lowest BCUT2D eigenvalue weighted by molar-refractivity contribution is -0.111. The van der Waals surface area contributed by atoms with Gasteiger partial charge in [-0.2, -0.15) is 0 Å². The molecule has 0 aliphatic heterocycles. The number of carbonyl (C=O) groups excluding carboxylic acids is 1. The fourth-order valence-electron chi connectivity index (χ4n) is 1.00. The number of carbonyl (C=O) groups is 1. The molecular formula is C9H8ClFO2. The first-order valence-electron chi connectivity index (χ1n) is 3.65. The van der Waals surface area contributed by atoms with Gasteiger partial charge >= 0.3 is 0 Å². The molecule has 0 heterocycles. The molecule has 2 nitrogen and oxygen atoms in total. The maximum Gasteiger partial charge on any atom is 0.226 e. The molecule has 70 valence electrons. The summed E-state index contributed by atoms with van der Waals surface area (Å²) in [4.78, 5) is 10.5. The average molecular weight is 203 g/mol. The highest BCUT2D eigenvalue weighted by Gasteiger charge is 2.10. The maximum absolute atomic E-state index is 13.3. The van der Waals surface area contributed by atoms with E-state index < -0.39 is 11.1 Å². The largest absolute Gasteiger partial charge is 0.494 e. The number of benzene rings is 1. The lowest BCUT2D eigenvalue weighted by atomic mass is 10.1. The summed E-state index contributed by atoms with van der Waals surface area (Å²) in [6, 6.07) is 4.59. The van der Waals surface area contributed by atoms with Crippen LogP contribution >= 0.6 is 11.6 Å². The molecule has 0 radical (unpaired) electrons. The van der Waals surface area contributed by atoms with Crippen molar-refractivity contribution in [2.24, 2.45) is 0 Å². The molecule has 0 aliphatic carbocycles. The SMILES string of the molecule is COc1cccc(CC(=O)Cl)c1F. The van der Waals surface area contributed by atoms with Gasteiger partial charge in [0.2, 0.25) is 5.24 Å². The molecule has 1 aromatic rings. The van der Waals surface area contributed by atoms with Gasteiger partial charge in [0, 0.05) is 12.0 Å². The van der Waals surface area contributed by atoms with E-state index in [0.717, 1.165) is 0 Å². The lowest BCUT2D eigenvalue weighted by Gasteiger charge is -2.04. The second kappa shape index (κ2) is 4.23. The van der Waals surface area contributed by atoms with Crippen LogP contribution < -0.4 is 4.74 Å². The molecular weight excluding hydrogens is 195 g/mol. The summed E-state index contributed by atoms with van der Waals surface area (Å²) in [5.41, 5.74) is 0.249. The first-order chi connectivity index (χ1) is 6.15. The van der Waals surface area contributed by atoms with Crippen LogP contribution in [0.1, 0.15) is 5.56 Å². The highest BCUT2D eigenvalue weighted by Crippen LogP contribution is 2.20. The van der Waals surface area contributed by atoms with Gasteiger partial charge in [-0.05, 0) is 17.7 Å². The minimum absolute atomic E-state index is 0.120. The molecule has 0 aliphatic rings. The van der Waals surface area contributed by atoms with Crippen molar-refractivity contribution in [3.05, 3.63) is 29.6 Å². The zero-order valence-electron chi connectivity index (χ0n) is 7.01. The second-order valence-corrected chi connectivity index (χ2v) is 2.89. The Labute approximate surface area is 80.3 Å². The number of hydrogen-bond acceptors (Lipinski definition) is 2. The van der Waals surface area contributed by atoms with E-state index in [-0.39, 0.29) is 17.7 Å². The molecule has 0 atom stereocenters. The van der Waals surface area contributed by atoms with E-state index in [9.17, 15) is 9.18 Å². The van der Waals surface area contributed by atoms with Gasteiger partial charge in [0.05, 0.1) is 7.11 Å². The molecule has 1 aromatic carbocycles. The zero-order chi connectivity index (χ0) is 9.84. The van der Waals surface area contributed by atoms with Gasteiger partial charge < -0.3 is 4.74 Å². The molecule has 0 saturated heterocycles. The summed E-state index contributed by atoms with van der Waals surface area (Å²) >= 11 is 5.13. The number of ether oxygens (including phenoxy) is 1. The van der Waals surface area contributed by atoms with Gasteiger partial charge in [-0.3, -0.25) is 4.79 Å². The standard InChI is InChI=1S/C9H8ClFO2/c1-13-7-4-2-3-6(9(7)11)5-8(10)12/h2-4H,5H2,1H3. The zero-order valence-corrected chi connectivity index (χ0v) is 7.77. The molecule has 13 heavy (non-hydrogen) atoms. The Balaban J connectivity index is 3.01. The summed E-state index contributed by atoms with van der Waals surface area (Å²) in [6.07, 6.45) is -0.120. The fraction of sp³-hybridized carbons (Fsp3) is 0.222. The molecule has 0 spiro atoms. The topological polar surface area (TPSA) is 26.3 Å². The van der Waals surface area contributed by atoms with E-state index >= 15 is 0 Å². The Morgan fingerprint density at radius 3 is 2.85 bits per heavy atom. The molecule has 4 heteroatoms. The van der Waals surface area contributed by atoms with Crippen molar-refractivity contribution in [2.75, 3.05) is 7.11 Å². The predicted octanol–water partition coefficient (Wildman–Crippen LogP) is 2.14. The van der Waals surface area contributed by atoms with Crippen LogP contribution in [-0.4, -0.2) is 12.4 Å². The van der Waals surface area contributed by atoms with Crippen LogP contribution in [0.15, 0.2) is 18.2 Å². The molecule has 0 amide bonds. The van der Waals surface area contributed by atoms with Crippen molar-refractivity contribution in [1.82, 2.24) is 0 Å². The Morgan fingerprint density at radius 1 is 1.62 bits per heavy atom. The summed E-state index contributed by atoms with van der Waals surface area (Å²) in [6.45, 7) is 0. The Kier molecular flexibility index (Phi) is 3.25. The van der Waals surface area contributed by atoms with Gasteiger partial charge in [-0.1, -0.05) is 12.1 Å². The predicted molar refractivity (Wildman–Crippen MR) is 47.5 cm³/mol. The fourth-order valence-corrected chi connectivity index (χ4v) is 1.14. The highest BCUT2D eigenvalue weighted by molar-refractivity contribution is 6.63. The first-order valence-corrected chi connectivity index (χ1v) is 4.02. The van der Waals surface area contributed by atoms with Gasteiger partial charge in [0.1, 0.15) is 0 Å². The number of hydrogen-bond donors (Lipinski definition) is 0. The minimum Gasteiger partial charge on any atom is -0.494 e. The van der Waals surface area contributed by atoms with Crippen molar-refractivity contribution in [2.45, 2.75) is 6.42 Å². The molecule has 0 N–H and O–H groups in total. The Morgan fingerprint density at radius 2 is 2.31 bits per heavy atom. The van der Waals surface area contributed by atoms with Crippen LogP contribution in [0.25, 0.3) is 0 Å². The third-order valence-electron chi connectivity index (χ3n) is 1.59. The molecule has 1 rings (SSSR count). The third-order valence-corrected chi connectivity index (χ3v) is 1.73. The van der Waals surface area contributed by atoms with Crippen LogP contribution in [0.5, 0.6) is 5.75 Å². The summed E-state index contributed by atoms with van der Waals surface area (Å²) in [5.74, 6) is -0.408. The monoisotopic (exact) mass is 202 g/mol. The van der Waals surface area contributed by atoms with E-state index in [2.05, 4.69) is 0 Å².